The van der Waals surface area contributed by atoms with Crippen LogP contribution in [0.1, 0.15) is 44.5 Å². The molecule has 0 aliphatic carbocycles. The highest BCUT2D eigenvalue weighted by atomic mass is 16.5. The van der Waals surface area contributed by atoms with E-state index in [4.69, 9.17) is 4.52 Å². The van der Waals surface area contributed by atoms with E-state index in [9.17, 15) is 9.59 Å². The fourth-order valence-electron chi connectivity index (χ4n) is 3.63. The third kappa shape index (κ3) is 3.49. The number of hydrogen-bond donors (Lipinski definition) is 1. The second-order valence-corrected chi connectivity index (χ2v) is 8.82. The number of imide groups is 1. The van der Waals surface area contributed by atoms with Gasteiger partial charge in [0.2, 0.25) is 0 Å². The predicted octanol–water partition coefficient (Wildman–Crippen LogP) is 4.61. The fraction of sp³-hybridized carbons (Fsp3) is 0.292. The van der Waals surface area contributed by atoms with Crippen molar-refractivity contribution in [2.24, 2.45) is 0 Å². The van der Waals surface area contributed by atoms with E-state index < -0.39 is 11.6 Å². The van der Waals surface area contributed by atoms with Crippen LogP contribution in [0.25, 0.3) is 11.3 Å². The molecule has 1 atom stereocenters. The van der Waals surface area contributed by atoms with Crippen LogP contribution in [-0.4, -0.2) is 22.0 Å². The second kappa shape index (κ2) is 7.13. The molecule has 0 unspecified atom stereocenters. The first-order valence-electron chi connectivity index (χ1n) is 9.94. The molecule has 1 aromatic heterocycles. The van der Waals surface area contributed by atoms with Crippen molar-refractivity contribution in [2.45, 2.75) is 45.2 Å². The average Bonchev–Trinajstić information content (AvgIpc) is 3.27. The summed E-state index contributed by atoms with van der Waals surface area (Å²) in [5.74, 6) is 0.290. The molecule has 1 N–H and O–H groups in total. The molecule has 6 nitrogen and oxygen atoms in total. The van der Waals surface area contributed by atoms with Crippen LogP contribution in [0.15, 0.2) is 65.2 Å². The second-order valence-electron chi connectivity index (χ2n) is 8.82. The number of nitrogens with one attached hydrogen (secondary N) is 1. The highest BCUT2D eigenvalue weighted by Gasteiger charge is 2.49. The van der Waals surface area contributed by atoms with Crippen LogP contribution in [0.3, 0.4) is 0 Å². The molecule has 4 rings (SSSR count). The topological polar surface area (TPSA) is 75.4 Å². The fourth-order valence-corrected chi connectivity index (χ4v) is 3.63. The largest absolute Gasteiger partial charge is 0.356 e. The number of carbonyl (C=O) groups excluding carboxylic acids is 2. The summed E-state index contributed by atoms with van der Waals surface area (Å²) in [6.07, 6.45) is 0. The zero-order valence-corrected chi connectivity index (χ0v) is 17.6. The third-order valence-electron chi connectivity index (χ3n) is 5.54. The molecule has 30 heavy (non-hydrogen) atoms. The Hall–Kier alpha value is -3.41. The SMILES string of the molecule is CC(C)(C)c1ccc([C@]2(C)NC(=O)N(Cc3cc(-c4ccccc4)on3)C2=O)cc1. The van der Waals surface area contributed by atoms with Crippen LogP contribution in [0.4, 0.5) is 4.79 Å². The van der Waals surface area contributed by atoms with Crippen LogP contribution < -0.4 is 5.32 Å². The lowest BCUT2D eigenvalue weighted by Gasteiger charge is -2.24. The Morgan fingerprint density at radius 3 is 2.33 bits per heavy atom. The van der Waals surface area contributed by atoms with Gasteiger partial charge in [-0.25, -0.2) is 4.79 Å². The van der Waals surface area contributed by atoms with Gasteiger partial charge in [-0.05, 0) is 23.5 Å². The van der Waals surface area contributed by atoms with Gasteiger partial charge in [-0.15, -0.1) is 0 Å². The Kier molecular flexibility index (Phi) is 4.73. The minimum Gasteiger partial charge on any atom is -0.356 e. The summed E-state index contributed by atoms with van der Waals surface area (Å²) >= 11 is 0. The molecule has 3 aromatic rings. The highest BCUT2D eigenvalue weighted by Crippen LogP contribution is 2.32. The Bertz CT molecular complexity index is 1080. The van der Waals surface area contributed by atoms with Gasteiger partial charge in [0.1, 0.15) is 11.2 Å². The van der Waals surface area contributed by atoms with Crippen molar-refractivity contribution >= 4 is 11.9 Å². The van der Waals surface area contributed by atoms with Crippen LogP contribution in [-0.2, 0) is 22.3 Å². The van der Waals surface area contributed by atoms with Crippen LogP contribution in [0, 0.1) is 0 Å². The predicted molar refractivity (Wildman–Crippen MR) is 114 cm³/mol. The van der Waals surface area contributed by atoms with E-state index in [1.54, 1.807) is 13.0 Å². The zero-order chi connectivity index (χ0) is 21.5. The maximum atomic E-state index is 13.2. The Labute approximate surface area is 175 Å². The van der Waals surface area contributed by atoms with Gasteiger partial charge in [0.15, 0.2) is 5.76 Å². The minimum absolute atomic E-state index is 0.0117. The van der Waals surface area contributed by atoms with Crippen LogP contribution in [0.2, 0.25) is 0 Å². The number of nitrogens with zero attached hydrogens (tertiary/aromatic N) is 2. The lowest BCUT2D eigenvalue weighted by atomic mass is 9.84. The van der Waals surface area contributed by atoms with Crippen molar-refractivity contribution < 1.29 is 14.1 Å². The summed E-state index contributed by atoms with van der Waals surface area (Å²) < 4.78 is 5.39. The summed E-state index contributed by atoms with van der Waals surface area (Å²) in [5.41, 5.74) is 2.22. The molecule has 0 spiro atoms. The van der Waals surface area contributed by atoms with Crippen LogP contribution >= 0.6 is 0 Å². The molecular formula is C24H25N3O3. The van der Waals surface area contributed by atoms with Gasteiger partial charge in [-0.2, -0.15) is 0 Å². The molecule has 6 heteroatoms. The molecule has 0 bridgehead atoms. The number of rotatable bonds is 4. The summed E-state index contributed by atoms with van der Waals surface area (Å²) in [7, 11) is 0. The molecule has 1 fully saturated rings. The Balaban J connectivity index is 1.55. The van der Waals surface area contributed by atoms with E-state index in [2.05, 4.69) is 31.2 Å². The zero-order valence-electron chi connectivity index (χ0n) is 17.6. The smallest absolute Gasteiger partial charge is 0.325 e. The maximum absolute atomic E-state index is 13.2. The van der Waals surface area contributed by atoms with E-state index in [1.807, 2.05) is 54.6 Å². The van der Waals surface area contributed by atoms with E-state index in [0.29, 0.717) is 11.5 Å². The highest BCUT2D eigenvalue weighted by molar-refractivity contribution is 6.07. The van der Waals surface area contributed by atoms with E-state index in [-0.39, 0.29) is 17.9 Å². The molecule has 3 amide bonds. The van der Waals surface area contributed by atoms with E-state index in [1.165, 1.54) is 10.5 Å². The summed E-state index contributed by atoms with van der Waals surface area (Å²) in [6, 6.07) is 18.7. The monoisotopic (exact) mass is 403 g/mol. The van der Waals surface area contributed by atoms with Gasteiger partial charge < -0.3 is 9.84 Å². The molecule has 1 aliphatic rings. The van der Waals surface area contributed by atoms with Crippen molar-refractivity contribution in [1.82, 2.24) is 15.4 Å². The van der Waals surface area contributed by atoms with Crippen LogP contribution in [0.5, 0.6) is 0 Å². The Morgan fingerprint density at radius 2 is 1.70 bits per heavy atom. The molecule has 2 aromatic carbocycles. The maximum Gasteiger partial charge on any atom is 0.325 e. The molecule has 0 radical (unpaired) electrons. The third-order valence-corrected chi connectivity index (χ3v) is 5.54. The minimum atomic E-state index is -1.11. The van der Waals surface area contributed by atoms with Crippen molar-refractivity contribution in [2.75, 3.05) is 0 Å². The summed E-state index contributed by atoms with van der Waals surface area (Å²) in [4.78, 5) is 27.0. The molecule has 1 aliphatic heterocycles. The van der Waals surface area contributed by atoms with E-state index in [0.717, 1.165) is 11.1 Å². The van der Waals surface area contributed by atoms with Crippen molar-refractivity contribution in [1.29, 1.82) is 0 Å². The number of urea groups is 1. The number of carbonyl (C=O) groups is 2. The summed E-state index contributed by atoms with van der Waals surface area (Å²) in [5, 5.41) is 6.88. The average molecular weight is 403 g/mol. The number of aromatic nitrogens is 1. The first-order valence-corrected chi connectivity index (χ1v) is 9.94. The molecule has 2 heterocycles. The number of benzene rings is 2. The standard InChI is InChI=1S/C24H25N3O3/c1-23(2,3)17-10-12-18(13-11-17)24(4)21(28)27(22(29)25-24)15-19-14-20(30-26-19)16-8-6-5-7-9-16/h5-14H,15H2,1-4H3,(H,25,29)/t24-/m0/s1. The Morgan fingerprint density at radius 1 is 1.03 bits per heavy atom. The summed E-state index contributed by atoms with van der Waals surface area (Å²) in [6.45, 7) is 8.19. The molecule has 0 saturated carbocycles. The number of hydrogen-bond acceptors (Lipinski definition) is 4. The van der Waals surface area contributed by atoms with Gasteiger partial charge in [-0.3, -0.25) is 9.69 Å². The number of amides is 3. The van der Waals surface area contributed by atoms with Gasteiger partial charge in [0.05, 0.1) is 6.54 Å². The first kappa shape index (κ1) is 19.9. The van der Waals surface area contributed by atoms with Crippen molar-refractivity contribution in [3.63, 3.8) is 0 Å². The van der Waals surface area contributed by atoms with Crippen molar-refractivity contribution in [3.05, 3.63) is 77.5 Å². The van der Waals surface area contributed by atoms with E-state index >= 15 is 0 Å². The first-order chi connectivity index (χ1) is 14.2. The lowest BCUT2D eigenvalue weighted by Crippen LogP contribution is -2.40. The van der Waals surface area contributed by atoms with Gasteiger partial charge >= 0.3 is 6.03 Å². The van der Waals surface area contributed by atoms with Crippen molar-refractivity contribution in [3.8, 4) is 11.3 Å². The molecule has 1 saturated heterocycles. The van der Waals surface area contributed by atoms with Gasteiger partial charge in [0, 0.05) is 11.6 Å². The normalized spacial score (nSPS) is 19.3. The van der Waals surface area contributed by atoms with Gasteiger partial charge in [0.25, 0.3) is 5.91 Å². The molecular weight excluding hydrogens is 378 g/mol. The van der Waals surface area contributed by atoms with Gasteiger partial charge in [-0.1, -0.05) is 80.5 Å². The molecule has 154 valence electrons. The quantitative estimate of drug-likeness (QED) is 0.646. The lowest BCUT2D eigenvalue weighted by molar-refractivity contribution is -0.131.